The molecular weight excluding hydrogens is 326 g/mol. The molecule has 0 spiro atoms. The molecular formula is C18H14F2N4O. The Morgan fingerprint density at radius 3 is 2.60 bits per heavy atom. The Kier molecular flexibility index (Phi) is 4.30. The van der Waals surface area contributed by atoms with Crippen molar-refractivity contribution < 1.29 is 8.78 Å². The third-order valence-corrected chi connectivity index (χ3v) is 3.83. The van der Waals surface area contributed by atoms with E-state index < -0.39 is 18.0 Å². The summed E-state index contributed by atoms with van der Waals surface area (Å²) < 4.78 is 27.9. The SMILES string of the molecule is C[C@H](N)c1nc2cccc(C(F)F)c2c(=O)n1-c1cccc(C#N)c1. The van der Waals surface area contributed by atoms with E-state index in [1.807, 2.05) is 6.07 Å². The molecule has 3 aromatic rings. The van der Waals surface area contributed by atoms with E-state index in [9.17, 15) is 13.6 Å². The Balaban J connectivity index is 2.46. The molecule has 0 aliphatic rings. The summed E-state index contributed by atoms with van der Waals surface area (Å²) in [6.07, 6.45) is -2.81. The molecule has 0 saturated heterocycles. The second-order valence-corrected chi connectivity index (χ2v) is 5.60. The molecule has 126 valence electrons. The fraction of sp³-hybridized carbons (Fsp3) is 0.167. The van der Waals surface area contributed by atoms with Gasteiger partial charge in [-0.15, -0.1) is 0 Å². The monoisotopic (exact) mass is 340 g/mol. The number of fused-ring (bicyclic) bond motifs is 1. The summed E-state index contributed by atoms with van der Waals surface area (Å²) in [5.74, 6) is 0.235. The number of aromatic nitrogens is 2. The van der Waals surface area contributed by atoms with Crippen LogP contribution in [0.1, 0.15) is 36.3 Å². The van der Waals surface area contributed by atoms with E-state index in [4.69, 9.17) is 11.0 Å². The summed E-state index contributed by atoms with van der Waals surface area (Å²) in [6, 6.07) is 11.8. The summed E-state index contributed by atoms with van der Waals surface area (Å²) in [6.45, 7) is 1.65. The highest BCUT2D eigenvalue weighted by Gasteiger charge is 2.20. The normalized spacial score (nSPS) is 12.3. The van der Waals surface area contributed by atoms with Gasteiger partial charge in [0, 0.05) is 5.56 Å². The Labute approximate surface area is 142 Å². The van der Waals surface area contributed by atoms with Gasteiger partial charge in [0.05, 0.1) is 34.3 Å². The van der Waals surface area contributed by atoms with Crippen LogP contribution >= 0.6 is 0 Å². The molecule has 0 aliphatic heterocycles. The Hall–Kier alpha value is -3.11. The van der Waals surface area contributed by atoms with Gasteiger partial charge in [0.1, 0.15) is 5.82 Å². The number of hydrogen-bond donors (Lipinski definition) is 1. The van der Waals surface area contributed by atoms with E-state index in [-0.39, 0.29) is 22.3 Å². The number of nitrogens with zero attached hydrogens (tertiary/aromatic N) is 3. The number of halogens is 2. The predicted octanol–water partition coefficient (Wildman–Crippen LogP) is 3.21. The summed E-state index contributed by atoms with van der Waals surface area (Å²) in [5, 5.41) is 8.92. The van der Waals surface area contributed by atoms with Gasteiger partial charge in [0.2, 0.25) is 0 Å². The van der Waals surface area contributed by atoms with Crippen LogP contribution in [0.25, 0.3) is 16.6 Å². The van der Waals surface area contributed by atoms with Crippen molar-refractivity contribution in [1.82, 2.24) is 9.55 Å². The van der Waals surface area contributed by atoms with Crippen LogP contribution in [0.15, 0.2) is 47.3 Å². The lowest BCUT2D eigenvalue weighted by atomic mass is 10.1. The molecule has 0 fully saturated rings. The van der Waals surface area contributed by atoms with Gasteiger partial charge in [-0.05, 0) is 31.2 Å². The number of benzene rings is 2. The smallest absolute Gasteiger partial charge is 0.266 e. The first-order valence-electron chi connectivity index (χ1n) is 7.54. The molecule has 1 heterocycles. The van der Waals surface area contributed by atoms with Gasteiger partial charge in [-0.1, -0.05) is 18.2 Å². The van der Waals surface area contributed by atoms with Gasteiger partial charge >= 0.3 is 0 Å². The highest BCUT2D eigenvalue weighted by molar-refractivity contribution is 5.82. The molecule has 0 bridgehead atoms. The largest absolute Gasteiger partial charge is 0.322 e. The molecule has 0 radical (unpaired) electrons. The summed E-state index contributed by atoms with van der Waals surface area (Å²) in [7, 11) is 0. The van der Waals surface area contributed by atoms with Crippen molar-refractivity contribution in [2.45, 2.75) is 19.4 Å². The van der Waals surface area contributed by atoms with E-state index in [0.29, 0.717) is 11.3 Å². The first-order valence-corrected chi connectivity index (χ1v) is 7.54. The Morgan fingerprint density at radius 1 is 1.24 bits per heavy atom. The zero-order chi connectivity index (χ0) is 18.1. The van der Waals surface area contributed by atoms with Crippen molar-refractivity contribution in [2.24, 2.45) is 5.73 Å². The molecule has 0 unspecified atom stereocenters. The first-order chi connectivity index (χ1) is 11.9. The maximum Gasteiger partial charge on any atom is 0.266 e. The fourth-order valence-corrected chi connectivity index (χ4v) is 2.72. The molecule has 2 N–H and O–H groups in total. The molecule has 0 amide bonds. The summed E-state index contributed by atoms with van der Waals surface area (Å²) in [4.78, 5) is 17.4. The quantitative estimate of drug-likeness (QED) is 0.793. The third kappa shape index (κ3) is 2.88. The van der Waals surface area contributed by atoms with Gasteiger partial charge in [-0.25, -0.2) is 13.8 Å². The molecule has 1 atom stereocenters. The summed E-state index contributed by atoms with van der Waals surface area (Å²) >= 11 is 0. The molecule has 3 rings (SSSR count). The minimum atomic E-state index is -2.81. The molecule has 1 aromatic heterocycles. The van der Waals surface area contributed by atoms with Gasteiger partial charge in [0.25, 0.3) is 12.0 Å². The third-order valence-electron chi connectivity index (χ3n) is 3.83. The highest BCUT2D eigenvalue weighted by Crippen LogP contribution is 2.26. The second kappa shape index (κ2) is 6.42. The lowest BCUT2D eigenvalue weighted by Gasteiger charge is -2.17. The maximum absolute atomic E-state index is 13.3. The second-order valence-electron chi connectivity index (χ2n) is 5.60. The van der Waals surface area contributed by atoms with Crippen LogP contribution in [0.4, 0.5) is 8.78 Å². The molecule has 5 nitrogen and oxygen atoms in total. The minimum Gasteiger partial charge on any atom is -0.322 e. The van der Waals surface area contributed by atoms with Crippen LogP contribution in [-0.4, -0.2) is 9.55 Å². The van der Waals surface area contributed by atoms with Gasteiger partial charge in [-0.2, -0.15) is 5.26 Å². The number of hydrogen-bond acceptors (Lipinski definition) is 4. The molecule has 25 heavy (non-hydrogen) atoms. The zero-order valence-corrected chi connectivity index (χ0v) is 13.3. The average Bonchev–Trinajstić information content (AvgIpc) is 2.60. The van der Waals surface area contributed by atoms with Crippen molar-refractivity contribution in [3.8, 4) is 11.8 Å². The molecule has 2 aromatic carbocycles. The number of nitriles is 1. The van der Waals surface area contributed by atoms with Crippen molar-refractivity contribution in [3.05, 3.63) is 69.8 Å². The first kappa shape index (κ1) is 16.7. The van der Waals surface area contributed by atoms with E-state index >= 15 is 0 Å². The van der Waals surface area contributed by atoms with Crippen molar-refractivity contribution in [3.63, 3.8) is 0 Å². The topological polar surface area (TPSA) is 84.7 Å². The van der Waals surface area contributed by atoms with Gasteiger partial charge in [-0.3, -0.25) is 9.36 Å². The van der Waals surface area contributed by atoms with Crippen LogP contribution < -0.4 is 11.3 Å². The van der Waals surface area contributed by atoms with E-state index in [1.165, 1.54) is 28.8 Å². The number of alkyl halides is 2. The lowest BCUT2D eigenvalue weighted by molar-refractivity contribution is 0.153. The van der Waals surface area contributed by atoms with Crippen molar-refractivity contribution >= 4 is 10.9 Å². The number of rotatable bonds is 3. The van der Waals surface area contributed by atoms with Crippen LogP contribution in [0.2, 0.25) is 0 Å². The van der Waals surface area contributed by atoms with Crippen molar-refractivity contribution in [1.29, 1.82) is 5.26 Å². The fourth-order valence-electron chi connectivity index (χ4n) is 2.72. The van der Waals surface area contributed by atoms with E-state index in [2.05, 4.69) is 4.98 Å². The molecule has 0 saturated carbocycles. The lowest BCUT2D eigenvalue weighted by Crippen LogP contribution is -2.28. The van der Waals surface area contributed by atoms with Gasteiger partial charge in [0.15, 0.2) is 0 Å². The minimum absolute atomic E-state index is 0.149. The average molecular weight is 340 g/mol. The Bertz CT molecular complexity index is 1050. The zero-order valence-electron chi connectivity index (χ0n) is 13.3. The van der Waals surface area contributed by atoms with Crippen LogP contribution in [-0.2, 0) is 0 Å². The van der Waals surface area contributed by atoms with E-state index in [0.717, 1.165) is 0 Å². The Morgan fingerprint density at radius 2 is 1.96 bits per heavy atom. The summed E-state index contributed by atoms with van der Waals surface area (Å²) in [5.41, 5.74) is 5.79. The van der Waals surface area contributed by atoms with Crippen LogP contribution in [0.5, 0.6) is 0 Å². The van der Waals surface area contributed by atoms with Crippen LogP contribution in [0, 0.1) is 11.3 Å². The molecule has 0 aliphatic carbocycles. The number of nitrogens with two attached hydrogens (primary N) is 1. The maximum atomic E-state index is 13.3. The molecule has 7 heteroatoms. The van der Waals surface area contributed by atoms with Gasteiger partial charge < -0.3 is 5.73 Å². The standard InChI is InChI=1S/C18H14F2N4O/c1-10(22)17-23-14-7-3-6-13(16(19)20)15(14)18(25)24(17)12-5-2-4-11(8-12)9-21/h2-8,10,16H,22H2,1H3/t10-/m0/s1. The van der Waals surface area contributed by atoms with E-state index in [1.54, 1.807) is 25.1 Å². The van der Waals surface area contributed by atoms with Crippen LogP contribution in [0.3, 0.4) is 0 Å². The predicted molar refractivity (Wildman–Crippen MR) is 89.6 cm³/mol. The van der Waals surface area contributed by atoms with Crippen molar-refractivity contribution in [2.75, 3.05) is 0 Å². The highest BCUT2D eigenvalue weighted by atomic mass is 19.3.